The third kappa shape index (κ3) is 2.86. The van der Waals surface area contributed by atoms with Crippen LogP contribution in [0.5, 0.6) is 11.6 Å². The summed E-state index contributed by atoms with van der Waals surface area (Å²) in [6.07, 6.45) is 8.21. The molecule has 3 atom stereocenters. The highest BCUT2D eigenvalue weighted by Gasteiger charge is 2.34. The quantitative estimate of drug-likeness (QED) is 0.757. The van der Waals surface area contributed by atoms with Gasteiger partial charge in [-0.25, -0.2) is 0 Å². The van der Waals surface area contributed by atoms with Crippen molar-refractivity contribution in [1.29, 1.82) is 0 Å². The topological polar surface area (TPSA) is 80.2 Å². The summed E-state index contributed by atoms with van der Waals surface area (Å²) in [4.78, 5) is 4.08. The number of benzene rings is 1. The van der Waals surface area contributed by atoms with Gasteiger partial charge >= 0.3 is 0 Å². The van der Waals surface area contributed by atoms with Crippen LogP contribution in [0.25, 0.3) is 22.0 Å². The third-order valence-electron chi connectivity index (χ3n) is 5.39. The van der Waals surface area contributed by atoms with Gasteiger partial charge < -0.3 is 15.2 Å². The molecule has 0 aliphatic carbocycles. The summed E-state index contributed by atoms with van der Waals surface area (Å²) in [6, 6.07) is 10.4. The predicted octanol–water partition coefficient (Wildman–Crippen LogP) is 3.06. The van der Waals surface area contributed by atoms with E-state index in [0.717, 1.165) is 23.6 Å². The van der Waals surface area contributed by atoms with Gasteiger partial charge in [0.2, 0.25) is 5.88 Å². The zero-order chi connectivity index (χ0) is 17.5. The number of phenols is 1. The number of piperidine rings is 1. The van der Waals surface area contributed by atoms with Gasteiger partial charge in [0.25, 0.3) is 0 Å². The zero-order valence-electron chi connectivity index (χ0n) is 14.3. The molecule has 5 rings (SSSR count). The Morgan fingerprint density at radius 1 is 1.00 bits per heavy atom. The van der Waals surface area contributed by atoms with Gasteiger partial charge in [-0.1, -0.05) is 0 Å². The molecule has 0 radical (unpaired) electrons. The minimum absolute atomic E-state index is 0.170. The van der Waals surface area contributed by atoms with E-state index < -0.39 is 0 Å². The van der Waals surface area contributed by atoms with Crippen LogP contribution in [0.3, 0.4) is 0 Å². The summed E-state index contributed by atoms with van der Waals surface area (Å²) in [5.74, 6) is 0.716. The number of fused-ring (bicyclic) bond motifs is 3. The predicted molar refractivity (Wildman–Crippen MR) is 98.0 cm³/mol. The van der Waals surface area contributed by atoms with Crippen LogP contribution >= 0.6 is 0 Å². The van der Waals surface area contributed by atoms with Crippen molar-refractivity contribution in [3.05, 3.63) is 42.7 Å². The van der Waals surface area contributed by atoms with Crippen LogP contribution < -0.4 is 10.1 Å². The first-order valence-corrected chi connectivity index (χ1v) is 9.08. The van der Waals surface area contributed by atoms with E-state index in [2.05, 4.69) is 20.5 Å². The molecule has 2 aliphatic heterocycles. The van der Waals surface area contributed by atoms with E-state index in [0.29, 0.717) is 29.2 Å². The number of aromatic hydroxyl groups is 1. The van der Waals surface area contributed by atoms with E-state index in [1.807, 2.05) is 24.3 Å². The van der Waals surface area contributed by atoms with Gasteiger partial charge in [0.05, 0.1) is 5.69 Å². The number of aromatic nitrogens is 3. The lowest BCUT2D eigenvalue weighted by atomic mass is 10.0. The lowest BCUT2D eigenvalue weighted by Crippen LogP contribution is -2.42. The SMILES string of the molecule is Oc1cc2cnccc2cc1-c1ccc(OC2C[C@H]3CC[C@@H](C2)N3)nn1. The van der Waals surface area contributed by atoms with E-state index in [-0.39, 0.29) is 11.9 Å². The summed E-state index contributed by atoms with van der Waals surface area (Å²) in [5, 5.41) is 24.3. The van der Waals surface area contributed by atoms with Gasteiger partial charge in [-0.15, -0.1) is 10.2 Å². The molecule has 6 nitrogen and oxygen atoms in total. The van der Waals surface area contributed by atoms with Crippen LogP contribution in [0.4, 0.5) is 0 Å². The second-order valence-electron chi connectivity index (χ2n) is 7.20. The Bertz CT molecular complexity index is 932. The number of nitrogens with zero attached hydrogens (tertiary/aromatic N) is 3. The van der Waals surface area contributed by atoms with Crippen molar-refractivity contribution in [2.24, 2.45) is 0 Å². The Hall–Kier alpha value is -2.73. The molecule has 0 amide bonds. The highest BCUT2D eigenvalue weighted by atomic mass is 16.5. The van der Waals surface area contributed by atoms with Crippen molar-refractivity contribution < 1.29 is 9.84 Å². The molecule has 2 aliphatic rings. The standard InChI is InChI=1S/C20H20N4O2/c25-19-8-13-11-21-6-5-12(13)7-17(19)18-3-4-20(24-23-18)26-16-9-14-1-2-15(10-16)22-14/h3-8,11,14-16,22,25H,1-2,9-10H2/t14-,15+,16?. The molecule has 2 N–H and O–H groups in total. The van der Waals surface area contributed by atoms with Crippen LogP contribution in [-0.2, 0) is 0 Å². The molecular weight excluding hydrogens is 328 g/mol. The maximum Gasteiger partial charge on any atom is 0.233 e. The number of hydrogen-bond donors (Lipinski definition) is 2. The minimum atomic E-state index is 0.170. The highest BCUT2D eigenvalue weighted by molar-refractivity contribution is 5.89. The van der Waals surface area contributed by atoms with Crippen LogP contribution in [-0.4, -0.2) is 38.5 Å². The average molecular weight is 348 g/mol. The molecule has 0 saturated carbocycles. The van der Waals surface area contributed by atoms with Crippen LogP contribution in [0, 0.1) is 0 Å². The van der Waals surface area contributed by atoms with Crippen molar-refractivity contribution in [2.45, 2.75) is 43.9 Å². The van der Waals surface area contributed by atoms with Gasteiger partial charge in [-0.3, -0.25) is 4.98 Å². The van der Waals surface area contributed by atoms with Crippen LogP contribution in [0.15, 0.2) is 42.7 Å². The van der Waals surface area contributed by atoms with Crippen molar-refractivity contribution in [2.75, 3.05) is 0 Å². The smallest absolute Gasteiger partial charge is 0.233 e. The summed E-state index contributed by atoms with van der Waals surface area (Å²) in [7, 11) is 0. The normalized spacial score (nSPS) is 24.7. The van der Waals surface area contributed by atoms with Gasteiger partial charge in [0, 0.05) is 41.5 Å². The molecule has 0 spiro atoms. The molecule has 2 aromatic heterocycles. The Kier molecular flexibility index (Phi) is 3.71. The van der Waals surface area contributed by atoms with E-state index in [4.69, 9.17) is 4.74 Å². The Morgan fingerprint density at radius 3 is 2.62 bits per heavy atom. The maximum absolute atomic E-state index is 10.3. The van der Waals surface area contributed by atoms with Gasteiger partial charge in [-0.2, -0.15) is 0 Å². The Balaban J connectivity index is 1.37. The van der Waals surface area contributed by atoms with Gasteiger partial charge in [-0.05, 0) is 55.3 Å². The first kappa shape index (κ1) is 15.5. The summed E-state index contributed by atoms with van der Waals surface area (Å²) >= 11 is 0. The van der Waals surface area contributed by atoms with Gasteiger partial charge in [0.15, 0.2) is 0 Å². The molecule has 2 bridgehead atoms. The summed E-state index contributed by atoms with van der Waals surface area (Å²) in [6.45, 7) is 0. The van der Waals surface area contributed by atoms with Crippen LogP contribution in [0.2, 0.25) is 0 Å². The number of phenolic OH excluding ortho intramolecular Hbond substituents is 1. The largest absolute Gasteiger partial charge is 0.507 e. The summed E-state index contributed by atoms with van der Waals surface area (Å²) in [5.41, 5.74) is 1.28. The van der Waals surface area contributed by atoms with Crippen molar-refractivity contribution in [1.82, 2.24) is 20.5 Å². The van der Waals surface area contributed by atoms with E-state index in [9.17, 15) is 5.11 Å². The van der Waals surface area contributed by atoms with Crippen molar-refractivity contribution >= 4 is 10.8 Å². The van der Waals surface area contributed by atoms with Crippen LogP contribution in [0.1, 0.15) is 25.7 Å². The lowest BCUT2D eigenvalue weighted by molar-refractivity contribution is 0.130. The lowest BCUT2D eigenvalue weighted by Gasteiger charge is -2.28. The molecule has 3 aromatic rings. The molecular formula is C20H20N4O2. The van der Waals surface area contributed by atoms with E-state index in [1.165, 1.54) is 12.8 Å². The number of nitrogens with one attached hydrogen (secondary N) is 1. The molecule has 2 saturated heterocycles. The number of hydrogen-bond acceptors (Lipinski definition) is 6. The number of ether oxygens (including phenoxy) is 1. The molecule has 132 valence electrons. The fourth-order valence-corrected chi connectivity index (χ4v) is 4.13. The first-order chi connectivity index (χ1) is 12.7. The van der Waals surface area contributed by atoms with Crippen molar-refractivity contribution in [3.8, 4) is 22.9 Å². The highest BCUT2D eigenvalue weighted by Crippen LogP contribution is 2.33. The molecule has 4 heterocycles. The maximum atomic E-state index is 10.3. The minimum Gasteiger partial charge on any atom is -0.507 e. The molecule has 2 fully saturated rings. The average Bonchev–Trinajstić information content (AvgIpc) is 3.00. The van der Waals surface area contributed by atoms with Gasteiger partial charge in [0.1, 0.15) is 11.9 Å². The fourth-order valence-electron chi connectivity index (χ4n) is 4.13. The molecule has 1 aromatic carbocycles. The number of rotatable bonds is 3. The first-order valence-electron chi connectivity index (χ1n) is 9.08. The Morgan fingerprint density at radius 2 is 1.85 bits per heavy atom. The molecule has 6 heteroatoms. The summed E-state index contributed by atoms with van der Waals surface area (Å²) < 4.78 is 6.04. The Labute approximate surface area is 151 Å². The molecule has 1 unspecified atom stereocenters. The monoisotopic (exact) mass is 348 g/mol. The number of pyridine rings is 1. The zero-order valence-corrected chi connectivity index (χ0v) is 14.3. The molecule has 26 heavy (non-hydrogen) atoms. The second-order valence-corrected chi connectivity index (χ2v) is 7.20. The van der Waals surface area contributed by atoms with E-state index in [1.54, 1.807) is 18.5 Å². The van der Waals surface area contributed by atoms with Crippen molar-refractivity contribution in [3.63, 3.8) is 0 Å². The van der Waals surface area contributed by atoms with E-state index >= 15 is 0 Å². The third-order valence-corrected chi connectivity index (χ3v) is 5.39. The second kappa shape index (κ2) is 6.21. The fraction of sp³-hybridized carbons (Fsp3) is 0.350.